The third-order valence-electron chi connectivity index (χ3n) is 10.9. The van der Waals surface area contributed by atoms with Crippen LogP contribution in [0, 0.1) is 0 Å². The van der Waals surface area contributed by atoms with Gasteiger partial charge in [0.25, 0.3) is 0 Å². The third kappa shape index (κ3) is 4.61. The Kier molecular flexibility index (Phi) is 6.55. The monoisotopic (exact) mass is 675 g/mol. The van der Waals surface area contributed by atoms with Crippen LogP contribution in [0.25, 0.3) is 93.8 Å². The van der Waals surface area contributed by atoms with E-state index in [-0.39, 0.29) is 0 Å². The molecule has 0 radical (unpaired) electrons. The SMILES string of the molecule is c1ccc(-c2ccc(-n3ccc4c3ccc3c5ccccc5n(-c5cccc(-n6c7ccccc7c7ccc(-c8ccccc8)cc76)c5)c34)cc2)cc1. The standard InChI is InChI=1S/C50H33N3/c1-3-12-34(13-4-1)36-22-25-38(26-23-36)51-31-30-45-46(51)29-28-44-42-19-8-10-21-48(42)53(50(44)45)40-17-11-16-39(33-40)52-47-20-9-7-18-41(47)43-27-24-37(32-49(43)52)35-14-5-2-6-15-35/h1-33H. The molecule has 8 aromatic carbocycles. The molecule has 0 unspecified atom stereocenters. The van der Waals surface area contributed by atoms with Crippen molar-refractivity contribution in [3.8, 4) is 39.3 Å². The number of hydrogen-bond donors (Lipinski definition) is 0. The molecule has 53 heavy (non-hydrogen) atoms. The summed E-state index contributed by atoms with van der Waals surface area (Å²) >= 11 is 0. The van der Waals surface area contributed by atoms with E-state index in [9.17, 15) is 0 Å². The summed E-state index contributed by atoms with van der Waals surface area (Å²) in [5.41, 5.74) is 14.3. The smallest absolute Gasteiger partial charge is 0.0635 e. The van der Waals surface area contributed by atoms with Crippen LogP contribution in [0.1, 0.15) is 0 Å². The molecule has 0 aliphatic carbocycles. The van der Waals surface area contributed by atoms with Crippen molar-refractivity contribution in [2.24, 2.45) is 0 Å². The zero-order chi connectivity index (χ0) is 34.9. The molecule has 3 aromatic heterocycles. The van der Waals surface area contributed by atoms with Crippen molar-refractivity contribution in [2.75, 3.05) is 0 Å². The van der Waals surface area contributed by atoms with Crippen LogP contribution >= 0.6 is 0 Å². The molecule has 0 atom stereocenters. The van der Waals surface area contributed by atoms with E-state index in [4.69, 9.17) is 0 Å². The number of para-hydroxylation sites is 2. The lowest BCUT2D eigenvalue weighted by Gasteiger charge is -2.14. The Morgan fingerprint density at radius 3 is 1.55 bits per heavy atom. The lowest BCUT2D eigenvalue weighted by atomic mass is 10.0. The van der Waals surface area contributed by atoms with Gasteiger partial charge in [0.15, 0.2) is 0 Å². The maximum absolute atomic E-state index is 2.46. The van der Waals surface area contributed by atoms with Crippen molar-refractivity contribution in [3.05, 3.63) is 200 Å². The molecule has 3 nitrogen and oxygen atoms in total. The summed E-state index contributed by atoms with van der Waals surface area (Å²) in [5, 5.41) is 6.23. The average molecular weight is 676 g/mol. The minimum atomic E-state index is 1.13. The minimum absolute atomic E-state index is 1.13. The van der Waals surface area contributed by atoms with Gasteiger partial charge in [-0.15, -0.1) is 0 Å². The van der Waals surface area contributed by atoms with Crippen LogP contribution in [-0.4, -0.2) is 13.7 Å². The van der Waals surface area contributed by atoms with Crippen molar-refractivity contribution in [1.29, 1.82) is 0 Å². The van der Waals surface area contributed by atoms with Gasteiger partial charge >= 0.3 is 0 Å². The summed E-state index contributed by atoms with van der Waals surface area (Å²) in [6.07, 6.45) is 2.21. The molecule has 0 aliphatic heterocycles. The summed E-state index contributed by atoms with van der Waals surface area (Å²) in [4.78, 5) is 0. The molecule has 11 rings (SSSR count). The number of aromatic nitrogens is 3. The van der Waals surface area contributed by atoms with E-state index in [0.717, 1.165) is 17.1 Å². The molecular formula is C50H33N3. The van der Waals surface area contributed by atoms with Gasteiger partial charge in [0.1, 0.15) is 0 Å². The number of benzene rings is 8. The van der Waals surface area contributed by atoms with Gasteiger partial charge in [0.2, 0.25) is 0 Å². The van der Waals surface area contributed by atoms with Crippen LogP contribution in [0.4, 0.5) is 0 Å². The predicted octanol–water partition coefficient (Wildman–Crippen LogP) is 13.2. The van der Waals surface area contributed by atoms with E-state index < -0.39 is 0 Å². The second kappa shape index (κ2) is 11.7. The Bertz CT molecular complexity index is 3140. The van der Waals surface area contributed by atoms with Crippen LogP contribution in [0.3, 0.4) is 0 Å². The largest absolute Gasteiger partial charge is 0.316 e. The summed E-state index contributed by atoms with van der Waals surface area (Å²) in [7, 11) is 0. The molecule has 0 spiro atoms. The number of hydrogen-bond acceptors (Lipinski definition) is 0. The minimum Gasteiger partial charge on any atom is -0.316 e. The topological polar surface area (TPSA) is 14.8 Å². The highest BCUT2D eigenvalue weighted by atomic mass is 15.0. The van der Waals surface area contributed by atoms with E-state index in [1.165, 1.54) is 76.8 Å². The second-order valence-corrected chi connectivity index (χ2v) is 13.8. The molecular weight excluding hydrogens is 643 g/mol. The fourth-order valence-electron chi connectivity index (χ4n) is 8.44. The fraction of sp³-hybridized carbons (Fsp3) is 0. The Morgan fingerprint density at radius 2 is 0.811 bits per heavy atom. The molecule has 248 valence electrons. The van der Waals surface area contributed by atoms with E-state index in [2.05, 4.69) is 214 Å². The summed E-state index contributed by atoms with van der Waals surface area (Å²) in [6, 6.07) is 70.4. The van der Waals surface area contributed by atoms with Gasteiger partial charge in [-0.2, -0.15) is 0 Å². The Balaban J connectivity index is 1.11. The van der Waals surface area contributed by atoms with E-state index in [0.29, 0.717) is 0 Å². The zero-order valence-corrected chi connectivity index (χ0v) is 28.9. The van der Waals surface area contributed by atoms with Crippen LogP contribution in [0.5, 0.6) is 0 Å². The van der Waals surface area contributed by atoms with Crippen molar-refractivity contribution >= 4 is 54.5 Å². The van der Waals surface area contributed by atoms with Crippen LogP contribution in [-0.2, 0) is 0 Å². The average Bonchev–Trinajstić information content (AvgIpc) is 3.92. The first-order chi connectivity index (χ1) is 26.3. The van der Waals surface area contributed by atoms with Gasteiger partial charge < -0.3 is 13.7 Å². The normalized spacial score (nSPS) is 11.8. The summed E-state index contributed by atoms with van der Waals surface area (Å²) in [6.45, 7) is 0. The first-order valence-electron chi connectivity index (χ1n) is 18.2. The summed E-state index contributed by atoms with van der Waals surface area (Å²) < 4.78 is 7.20. The molecule has 0 saturated heterocycles. The third-order valence-corrected chi connectivity index (χ3v) is 10.9. The predicted molar refractivity (Wildman–Crippen MR) is 223 cm³/mol. The lowest BCUT2D eigenvalue weighted by Crippen LogP contribution is -1.99. The van der Waals surface area contributed by atoms with Crippen molar-refractivity contribution in [1.82, 2.24) is 13.7 Å². The molecule has 0 saturated carbocycles. The number of nitrogens with zero attached hydrogens (tertiary/aromatic N) is 3. The van der Waals surface area contributed by atoms with E-state index >= 15 is 0 Å². The first kappa shape index (κ1) is 29.6. The molecule has 0 bridgehead atoms. The maximum atomic E-state index is 2.46. The van der Waals surface area contributed by atoms with Crippen molar-refractivity contribution < 1.29 is 0 Å². The molecule has 3 heterocycles. The molecule has 0 N–H and O–H groups in total. The molecule has 0 fully saturated rings. The quantitative estimate of drug-likeness (QED) is 0.172. The maximum Gasteiger partial charge on any atom is 0.0635 e. The van der Waals surface area contributed by atoms with Gasteiger partial charge in [-0.25, -0.2) is 0 Å². The highest BCUT2D eigenvalue weighted by molar-refractivity contribution is 6.18. The highest BCUT2D eigenvalue weighted by Crippen LogP contribution is 2.40. The van der Waals surface area contributed by atoms with Gasteiger partial charge in [-0.3, -0.25) is 0 Å². The van der Waals surface area contributed by atoms with E-state index in [1.54, 1.807) is 0 Å². The van der Waals surface area contributed by atoms with Gasteiger partial charge in [0, 0.05) is 50.2 Å². The molecule has 0 amide bonds. The van der Waals surface area contributed by atoms with Crippen LogP contribution in [0.15, 0.2) is 200 Å². The number of rotatable bonds is 5. The van der Waals surface area contributed by atoms with Gasteiger partial charge in [-0.1, -0.05) is 133 Å². The molecule has 0 aliphatic rings. The molecule has 11 aromatic rings. The van der Waals surface area contributed by atoms with Gasteiger partial charge in [-0.05, 0) is 82.9 Å². The van der Waals surface area contributed by atoms with Crippen molar-refractivity contribution in [2.45, 2.75) is 0 Å². The Labute approximate surface area is 306 Å². The number of fused-ring (bicyclic) bond motifs is 8. The second-order valence-electron chi connectivity index (χ2n) is 13.8. The fourth-order valence-corrected chi connectivity index (χ4v) is 8.44. The highest BCUT2D eigenvalue weighted by Gasteiger charge is 2.19. The Morgan fingerprint density at radius 1 is 0.264 bits per heavy atom. The molecule has 3 heteroatoms. The van der Waals surface area contributed by atoms with Crippen LogP contribution < -0.4 is 0 Å². The van der Waals surface area contributed by atoms with Gasteiger partial charge in [0.05, 0.1) is 27.6 Å². The van der Waals surface area contributed by atoms with Crippen molar-refractivity contribution in [3.63, 3.8) is 0 Å². The van der Waals surface area contributed by atoms with E-state index in [1.807, 2.05) is 0 Å². The Hall–Kier alpha value is -7.10. The zero-order valence-electron chi connectivity index (χ0n) is 28.9. The first-order valence-corrected chi connectivity index (χ1v) is 18.2. The summed E-state index contributed by atoms with van der Waals surface area (Å²) in [5.74, 6) is 0. The lowest BCUT2D eigenvalue weighted by molar-refractivity contribution is 1.13. The van der Waals surface area contributed by atoms with Crippen LogP contribution in [0.2, 0.25) is 0 Å².